The fourth-order valence-corrected chi connectivity index (χ4v) is 3.54. The lowest BCUT2D eigenvalue weighted by Gasteiger charge is -2.18. The summed E-state index contributed by atoms with van der Waals surface area (Å²) in [6.07, 6.45) is 0. The Labute approximate surface area is 141 Å². The van der Waals surface area contributed by atoms with Gasteiger partial charge in [-0.15, -0.1) is 0 Å². The Morgan fingerprint density at radius 3 is 2.81 bits per heavy atom. The molecule has 0 spiro atoms. The van der Waals surface area contributed by atoms with Crippen molar-refractivity contribution in [1.82, 2.24) is 5.32 Å². The quantitative estimate of drug-likeness (QED) is 0.767. The number of benzene rings is 1. The van der Waals surface area contributed by atoms with Gasteiger partial charge in [0.25, 0.3) is 0 Å². The molecule has 1 heterocycles. The maximum Gasteiger partial charge on any atom is 0.231 e. The fraction of sp³-hybridized carbons (Fsp3) is 0.500. The van der Waals surface area contributed by atoms with Gasteiger partial charge < -0.3 is 20.1 Å². The van der Waals surface area contributed by atoms with Crippen molar-refractivity contribution in [1.29, 1.82) is 0 Å². The first-order valence-corrected chi connectivity index (χ1v) is 8.30. The molecule has 2 unspecified atom stereocenters. The number of hydrogen-bond donors (Lipinski definition) is 2. The summed E-state index contributed by atoms with van der Waals surface area (Å²) in [6.45, 7) is 3.84. The van der Waals surface area contributed by atoms with E-state index in [4.69, 9.17) is 9.47 Å². The number of likely N-dealkylation sites (N-methyl/N-ethyl adjacent to an activating group) is 1. The molecule has 5 nitrogen and oxygen atoms in total. The Balaban J connectivity index is 2.12. The molecular formula is C14H18Br2N2O3. The van der Waals surface area contributed by atoms with E-state index >= 15 is 0 Å². The van der Waals surface area contributed by atoms with Crippen molar-refractivity contribution in [2.45, 2.75) is 13.0 Å². The normalized spacial score (nSPS) is 21.3. The summed E-state index contributed by atoms with van der Waals surface area (Å²) in [6, 6.07) is 3.69. The van der Waals surface area contributed by atoms with Crippen molar-refractivity contribution in [3.63, 3.8) is 0 Å². The summed E-state index contributed by atoms with van der Waals surface area (Å²) in [5.74, 6) is 0.425. The monoisotopic (exact) mass is 420 g/mol. The summed E-state index contributed by atoms with van der Waals surface area (Å²) < 4.78 is 12.3. The predicted octanol–water partition coefficient (Wildman–Crippen LogP) is 2.78. The number of carbonyl (C=O) groups excluding carboxylic acids is 1. The molecule has 0 saturated carbocycles. The molecule has 0 radical (unpaired) electrons. The van der Waals surface area contributed by atoms with Crippen molar-refractivity contribution in [2.24, 2.45) is 5.92 Å². The van der Waals surface area contributed by atoms with Gasteiger partial charge in [0.05, 0.1) is 36.4 Å². The lowest BCUT2D eigenvalue weighted by atomic mass is 10.0. The van der Waals surface area contributed by atoms with Gasteiger partial charge >= 0.3 is 0 Å². The van der Waals surface area contributed by atoms with Gasteiger partial charge in [-0.1, -0.05) is 6.92 Å². The van der Waals surface area contributed by atoms with Crippen LogP contribution in [0, 0.1) is 5.92 Å². The Kier molecular flexibility index (Phi) is 6.04. The van der Waals surface area contributed by atoms with Gasteiger partial charge in [-0.3, -0.25) is 4.79 Å². The molecule has 0 aromatic heterocycles. The van der Waals surface area contributed by atoms with E-state index < -0.39 is 0 Å². The van der Waals surface area contributed by atoms with E-state index in [9.17, 15) is 4.79 Å². The van der Waals surface area contributed by atoms with Crippen LogP contribution in [0.5, 0.6) is 5.75 Å². The number of rotatable bonds is 5. The molecule has 2 atom stereocenters. The molecule has 0 aliphatic carbocycles. The highest BCUT2D eigenvalue weighted by atomic mass is 79.9. The molecule has 1 aliphatic heterocycles. The fourth-order valence-electron chi connectivity index (χ4n) is 2.28. The Hall–Kier alpha value is -0.630. The second-order valence-corrected chi connectivity index (χ2v) is 6.47. The van der Waals surface area contributed by atoms with Crippen LogP contribution in [-0.2, 0) is 9.53 Å². The van der Waals surface area contributed by atoms with Crippen LogP contribution < -0.4 is 15.4 Å². The summed E-state index contributed by atoms with van der Waals surface area (Å²) >= 11 is 6.85. The number of anilines is 1. The van der Waals surface area contributed by atoms with E-state index in [0.717, 1.165) is 15.5 Å². The van der Waals surface area contributed by atoms with Gasteiger partial charge in [-0.25, -0.2) is 0 Å². The Morgan fingerprint density at radius 2 is 2.14 bits per heavy atom. The number of amides is 1. The van der Waals surface area contributed by atoms with Crippen LogP contribution >= 0.6 is 31.9 Å². The highest BCUT2D eigenvalue weighted by Gasteiger charge is 2.33. The van der Waals surface area contributed by atoms with Crippen molar-refractivity contribution < 1.29 is 14.3 Å². The Bertz CT molecular complexity index is 525. The van der Waals surface area contributed by atoms with Crippen molar-refractivity contribution in [3.05, 3.63) is 21.1 Å². The first-order chi connectivity index (χ1) is 10.1. The summed E-state index contributed by atoms with van der Waals surface area (Å²) in [5.41, 5.74) is 0.683. The summed E-state index contributed by atoms with van der Waals surface area (Å²) in [5, 5.41) is 6.21. The maximum absolute atomic E-state index is 12.4. The van der Waals surface area contributed by atoms with E-state index in [-0.39, 0.29) is 17.9 Å². The third-order valence-corrected chi connectivity index (χ3v) is 4.66. The van der Waals surface area contributed by atoms with Crippen LogP contribution in [0.25, 0.3) is 0 Å². The van der Waals surface area contributed by atoms with Crippen LogP contribution in [0.2, 0.25) is 0 Å². The van der Waals surface area contributed by atoms with Crippen molar-refractivity contribution in [2.75, 3.05) is 32.2 Å². The second kappa shape index (κ2) is 7.58. The number of nitrogens with one attached hydrogen (secondary N) is 2. The zero-order valence-electron chi connectivity index (χ0n) is 11.9. The zero-order valence-corrected chi connectivity index (χ0v) is 15.1. The SMILES string of the molecule is CCNC1COCC1C(=O)Nc1cc(OC)c(Br)cc1Br. The lowest BCUT2D eigenvalue weighted by Crippen LogP contribution is -2.41. The highest BCUT2D eigenvalue weighted by molar-refractivity contribution is 9.11. The van der Waals surface area contributed by atoms with Gasteiger partial charge in [0.1, 0.15) is 5.75 Å². The number of ether oxygens (including phenoxy) is 2. The molecule has 2 N–H and O–H groups in total. The first kappa shape index (κ1) is 16.7. The third kappa shape index (κ3) is 3.97. The largest absolute Gasteiger partial charge is 0.495 e. The predicted molar refractivity (Wildman–Crippen MR) is 88.8 cm³/mol. The minimum absolute atomic E-state index is 0.0523. The van der Waals surface area contributed by atoms with Crippen LogP contribution in [0.15, 0.2) is 21.1 Å². The molecule has 1 saturated heterocycles. The van der Waals surface area contributed by atoms with Gasteiger partial charge in [0, 0.05) is 16.6 Å². The standard InChI is InChI=1S/C14H18Br2N2O3/c1-3-17-12-7-21-6-8(12)14(19)18-11-5-13(20-2)10(16)4-9(11)15/h4-5,8,12,17H,3,6-7H2,1-2H3,(H,18,19). The lowest BCUT2D eigenvalue weighted by molar-refractivity contribution is -0.120. The minimum Gasteiger partial charge on any atom is -0.495 e. The van der Waals surface area contributed by atoms with Gasteiger partial charge in [-0.05, 0) is 44.5 Å². The van der Waals surface area contributed by atoms with Crippen LogP contribution in [0.3, 0.4) is 0 Å². The molecule has 1 fully saturated rings. The molecule has 1 aromatic carbocycles. The van der Waals surface area contributed by atoms with E-state index in [1.165, 1.54) is 0 Å². The van der Waals surface area contributed by atoms with Crippen LogP contribution in [0.4, 0.5) is 5.69 Å². The average molecular weight is 422 g/mol. The average Bonchev–Trinajstić information content (AvgIpc) is 2.90. The van der Waals surface area contributed by atoms with Gasteiger partial charge in [-0.2, -0.15) is 0 Å². The molecule has 2 rings (SSSR count). The molecule has 0 bridgehead atoms. The van der Waals surface area contributed by atoms with Crippen LogP contribution in [0.1, 0.15) is 6.92 Å². The Morgan fingerprint density at radius 1 is 1.38 bits per heavy atom. The van der Waals surface area contributed by atoms with E-state index in [0.29, 0.717) is 24.7 Å². The van der Waals surface area contributed by atoms with Crippen molar-refractivity contribution in [3.8, 4) is 5.75 Å². The molecule has 7 heteroatoms. The van der Waals surface area contributed by atoms with Crippen LogP contribution in [-0.4, -0.2) is 38.8 Å². The number of methoxy groups -OCH3 is 1. The number of halogens is 2. The minimum atomic E-state index is -0.188. The highest BCUT2D eigenvalue weighted by Crippen LogP contribution is 2.35. The van der Waals surface area contributed by atoms with Gasteiger partial charge in [0.15, 0.2) is 0 Å². The van der Waals surface area contributed by atoms with Gasteiger partial charge in [0.2, 0.25) is 5.91 Å². The molecule has 1 amide bonds. The summed E-state index contributed by atoms with van der Waals surface area (Å²) in [4.78, 5) is 12.4. The topological polar surface area (TPSA) is 59.6 Å². The van der Waals surface area contributed by atoms with E-state index in [2.05, 4.69) is 42.5 Å². The summed E-state index contributed by atoms with van der Waals surface area (Å²) in [7, 11) is 1.59. The number of hydrogen-bond acceptors (Lipinski definition) is 4. The molecule has 116 valence electrons. The smallest absolute Gasteiger partial charge is 0.231 e. The first-order valence-electron chi connectivity index (χ1n) is 6.71. The molecule has 1 aliphatic rings. The zero-order chi connectivity index (χ0) is 15.4. The number of carbonyl (C=O) groups is 1. The molecular weight excluding hydrogens is 404 g/mol. The molecule has 21 heavy (non-hydrogen) atoms. The maximum atomic E-state index is 12.4. The second-order valence-electron chi connectivity index (χ2n) is 4.76. The van der Waals surface area contributed by atoms with E-state index in [1.54, 1.807) is 13.2 Å². The van der Waals surface area contributed by atoms with Crippen molar-refractivity contribution >= 4 is 43.5 Å². The molecule has 1 aromatic rings. The van der Waals surface area contributed by atoms with E-state index in [1.807, 2.05) is 13.0 Å². The third-order valence-electron chi connectivity index (χ3n) is 3.38.